The maximum atomic E-state index is 14.3. The molecule has 0 amide bonds. The molecule has 0 saturated heterocycles. The molecule has 4 aromatic rings. The molecule has 0 spiro atoms. The van der Waals surface area contributed by atoms with Crippen molar-refractivity contribution in [1.29, 1.82) is 0 Å². The first kappa shape index (κ1) is 22.3. The lowest BCUT2D eigenvalue weighted by Crippen LogP contribution is -2.11. The second-order valence-corrected chi connectivity index (χ2v) is 9.10. The molecule has 0 saturated carbocycles. The van der Waals surface area contributed by atoms with E-state index in [1.807, 2.05) is 4.72 Å². The zero-order valence-electron chi connectivity index (χ0n) is 15.6. The third-order valence-corrected chi connectivity index (χ3v) is 5.25. The van der Waals surface area contributed by atoms with Crippen LogP contribution in [0.25, 0.3) is 28.6 Å². The van der Waals surface area contributed by atoms with Gasteiger partial charge in [0.1, 0.15) is 11.5 Å². The van der Waals surface area contributed by atoms with Gasteiger partial charge in [0.15, 0.2) is 5.65 Å². The Morgan fingerprint density at radius 1 is 1.09 bits per heavy atom. The molecule has 0 atom stereocenters. The summed E-state index contributed by atoms with van der Waals surface area (Å²) in [6.45, 7) is 0. The molecule has 1 N–H and O–H groups in total. The molecule has 0 aliphatic rings. The summed E-state index contributed by atoms with van der Waals surface area (Å²) in [6.07, 6.45) is -1.75. The van der Waals surface area contributed by atoms with E-state index in [4.69, 9.17) is 27.7 Å². The lowest BCUT2D eigenvalue weighted by molar-refractivity contribution is -0.137. The van der Waals surface area contributed by atoms with Crippen molar-refractivity contribution in [2.75, 3.05) is 11.0 Å². The Bertz CT molecular complexity index is 1470. The van der Waals surface area contributed by atoms with Gasteiger partial charge in [-0.3, -0.25) is 4.72 Å². The molecular weight excluding hydrogens is 501 g/mol. The summed E-state index contributed by atoms with van der Waals surface area (Å²) in [5.74, 6) is -1.30. The first-order valence-corrected chi connectivity index (χ1v) is 11.0. The number of fused-ring (bicyclic) bond motifs is 1. The Labute approximate surface area is 186 Å². The zero-order chi connectivity index (χ0) is 23.4. The molecule has 3 heterocycles. The summed E-state index contributed by atoms with van der Waals surface area (Å²) in [7, 11) is -3.75. The van der Waals surface area contributed by atoms with Gasteiger partial charge in [-0.05, 0) is 18.2 Å². The molecule has 0 bridgehead atoms. The largest absolute Gasteiger partial charge is 0.417 e. The lowest BCUT2D eigenvalue weighted by atomic mass is 10.2. The van der Waals surface area contributed by atoms with Crippen LogP contribution in [0.4, 0.5) is 23.2 Å². The van der Waals surface area contributed by atoms with Crippen molar-refractivity contribution in [3.8, 4) is 23.0 Å². The van der Waals surface area contributed by atoms with Crippen LogP contribution in [0.1, 0.15) is 5.56 Å². The molecule has 32 heavy (non-hydrogen) atoms. The number of aromatic nitrogens is 4. The van der Waals surface area contributed by atoms with Crippen LogP contribution in [-0.4, -0.2) is 34.2 Å². The molecule has 4 rings (SSSR count). The minimum Gasteiger partial charge on any atom is -0.333 e. The number of alkyl halides is 3. The van der Waals surface area contributed by atoms with E-state index >= 15 is 0 Å². The van der Waals surface area contributed by atoms with Gasteiger partial charge < -0.3 is 8.92 Å². The Hall–Kier alpha value is -2.90. The van der Waals surface area contributed by atoms with E-state index in [1.165, 1.54) is 6.20 Å². The van der Waals surface area contributed by atoms with Crippen molar-refractivity contribution in [3.05, 3.63) is 52.0 Å². The highest BCUT2D eigenvalue weighted by molar-refractivity contribution is 7.92. The third kappa shape index (κ3) is 4.36. The van der Waals surface area contributed by atoms with Crippen molar-refractivity contribution in [2.45, 2.75) is 6.18 Å². The monoisotopic (exact) mass is 509 g/mol. The summed E-state index contributed by atoms with van der Waals surface area (Å²) in [6, 6.07) is 2.66. The smallest absolute Gasteiger partial charge is 0.333 e. The van der Waals surface area contributed by atoms with Gasteiger partial charge in [-0.2, -0.15) is 18.2 Å². The Kier molecular flexibility index (Phi) is 5.30. The van der Waals surface area contributed by atoms with E-state index < -0.39 is 27.6 Å². The summed E-state index contributed by atoms with van der Waals surface area (Å²) in [5, 5.41) is 3.35. The molecule has 0 aliphatic carbocycles. The molecule has 168 valence electrons. The average Bonchev–Trinajstić information content (AvgIpc) is 3.29. The third-order valence-electron chi connectivity index (χ3n) is 4.07. The predicted molar refractivity (Wildman–Crippen MR) is 107 cm³/mol. The maximum Gasteiger partial charge on any atom is 0.417 e. The van der Waals surface area contributed by atoms with Crippen LogP contribution in [0.5, 0.6) is 0 Å². The number of hydrogen-bond acceptors (Lipinski definition) is 6. The number of benzene rings is 1. The van der Waals surface area contributed by atoms with Crippen LogP contribution in [0.15, 0.2) is 35.1 Å². The maximum absolute atomic E-state index is 14.3. The number of hydrogen-bond donors (Lipinski definition) is 1. The van der Waals surface area contributed by atoms with E-state index in [-0.39, 0.29) is 44.4 Å². The van der Waals surface area contributed by atoms with Gasteiger partial charge in [0.2, 0.25) is 15.8 Å². The molecule has 15 heteroatoms. The summed E-state index contributed by atoms with van der Waals surface area (Å²) in [5.41, 5.74) is -1.33. The summed E-state index contributed by atoms with van der Waals surface area (Å²) >= 11 is 12.0. The van der Waals surface area contributed by atoms with Crippen molar-refractivity contribution in [2.24, 2.45) is 0 Å². The minimum absolute atomic E-state index is 0.0290. The Morgan fingerprint density at radius 3 is 2.47 bits per heavy atom. The Balaban J connectivity index is 1.72. The zero-order valence-corrected chi connectivity index (χ0v) is 17.9. The molecule has 0 unspecified atom stereocenters. The fraction of sp³-hybridized carbons (Fsp3) is 0.118. The number of anilines is 1. The van der Waals surface area contributed by atoms with Gasteiger partial charge in [0, 0.05) is 12.4 Å². The van der Waals surface area contributed by atoms with Gasteiger partial charge in [-0.15, -0.1) is 0 Å². The number of imidazole rings is 1. The average molecular weight is 510 g/mol. The number of nitrogens with zero attached hydrogens (tertiary/aromatic N) is 4. The second-order valence-electron chi connectivity index (χ2n) is 6.54. The first-order valence-electron chi connectivity index (χ1n) is 8.38. The first-order chi connectivity index (χ1) is 14.8. The topological polar surface area (TPSA) is 102 Å². The highest BCUT2D eigenvalue weighted by Gasteiger charge is 2.32. The molecule has 8 nitrogen and oxygen atoms in total. The minimum atomic E-state index is -4.61. The highest BCUT2D eigenvalue weighted by atomic mass is 35.5. The number of halogens is 6. The van der Waals surface area contributed by atoms with Crippen molar-refractivity contribution < 1.29 is 30.5 Å². The van der Waals surface area contributed by atoms with Crippen LogP contribution in [0.3, 0.4) is 0 Å². The van der Waals surface area contributed by atoms with Crippen LogP contribution in [0.2, 0.25) is 10.0 Å². The highest BCUT2D eigenvalue weighted by Crippen LogP contribution is 2.35. The van der Waals surface area contributed by atoms with Crippen LogP contribution in [0, 0.1) is 5.82 Å². The molecule has 0 fully saturated rings. The van der Waals surface area contributed by atoms with E-state index in [1.54, 1.807) is 0 Å². The van der Waals surface area contributed by atoms with Gasteiger partial charge in [0.05, 0.1) is 33.1 Å². The van der Waals surface area contributed by atoms with Crippen LogP contribution in [-0.2, 0) is 16.2 Å². The normalized spacial score (nSPS) is 12.5. The van der Waals surface area contributed by atoms with Crippen LogP contribution >= 0.6 is 23.2 Å². The second kappa shape index (κ2) is 7.60. The molecule has 1 aromatic carbocycles. The van der Waals surface area contributed by atoms with E-state index in [2.05, 4.69) is 15.1 Å². The molecular formula is C17H9Cl2F4N5O3S. The van der Waals surface area contributed by atoms with Gasteiger partial charge in [-0.25, -0.2) is 17.8 Å². The lowest BCUT2D eigenvalue weighted by Gasteiger charge is -2.07. The van der Waals surface area contributed by atoms with Crippen molar-refractivity contribution >= 4 is 44.6 Å². The van der Waals surface area contributed by atoms with Crippen molar-refractivity contribution in [3.63, 3.8) is 0 Å². The fourth-order valence-electron chi connectivity index (χ4n) is 2.75. The van der Waals surface area contributed by atoms with Crippen molar-refractivity contribution in [1.82, 2.24) is 19.5 Å². The quantitative estimate of drug-likeness (QED) is 0.393. The summed E-state index contributed by atoms with van der Waals surface area (Å²) in [4.78, 5) is 8.15. The van der Waals surface area contributed by atoms with Gasteiger partial charge in [-0.1, -0.05) is 28.4 Å². The van der Waals surface area contributed by atoms with Gasteiger partial charge in [0.25, 0.3) is 5.89 Å². The summed E-state index contributed by atoms with van der Waals surface area (Å²) < 4.78 is 84.0. The number of nitrogens with one attached hydrogen (secondary N) is 1. The number of pyridine rings is 1. The SMILES string of the molecule is CS(=O)(=O)Nc1cc(Cl)c(-c2nc(-c3cn4cc(C(F)(F)F)cc(Cl)c4n3)no2)cc1F. The molecule has 0 radical (unpaired) electrons. The molecule has 3 aromatic heterocycles. The van der Waals surface area contributed by atoms with E-state index in [0.29, 0.717) is 0 Å². The van der Waals surface area contributed by atoms with Crippen LogP contribution < -0.4 is 4.72 Å². The van der Waals surface area contributed by atoms with E-state index in [0.717, 1.165) is 35.1 Å². The predicted octanol–water partition coefficient (Wildman–Crippen LogP) is 4.89. The standard InChI is InChI=1S/C17H9Cl2F4N5O3S/c1-32(29,30)27-12-4-9(18)8(3-11(12)20)16-25-14(26-31-16)13-6-28-5-7(17(21,22)23)2-10(19)15(28)24-13/h2-6,27H,1H3. The Morgan fingerprint density at radius 2 is 1.81 bits per heavy atom. The van der Waals surface area contributed by atoms with Gasteiger partial charge >= 0.3 is 6.18 Å². The number of rotatable bonds is 4. The fourth-order valence-corrected chi connectivity index (χ4v) is 3.80. The molecule has 0 aliphatic heterocycles. The van der Waals surface area contributed by atoms with E-state index in [9.17, 15) is 26.0 Å². The number of sulfonamides is 1.